The minimum atomic E-state index is -0.891. The van der Waals surface area contributed by atoms with Crippen LogP contribution in [0.1, 0.15) is 35.3 Å². The fourth-order valence-electron chi connectivity index (χ4n) is 2.93. The zero-order valence-electron chi connectivity index (χ0n) is 13.1. The van der Waals surface area contributed by atoms with E-state index in [2.05, 4.69) is 12.2 Å². The maximum absolute atomic E-state index is 14.0. The van der Waals surface area contributed by atoms with Gasteiger partial charge in [0.05, 0.1) is 22.6 Å². The van der Waals surface area contributed by atoms with E-state index in [-0.39, 0.29) is 17.3 Å². The quantitative estimate of drug-likeness (QED) is 0.669. The van der Waals surface area contributed by atoms with Crippen molar-refractivity contribution in [1.29, 1.82) is 0 Å². The van der Waals surface area contributed by atoms with Crippen LogP contribution in [0.15, 0.2) is 48.5 Å². The van der Waals surface area contributed by atoms with Gasteiger partial charge in [-0.05, 0) is 29.9 Å². The first-order valence-corrected chi connectivity index (χ1v) is 7.77. The Bertz CT molecular complexity index is 779. The van der Waals surface area contributed by atoms with Gasteiger partial charge < -0.3 is 5.32 Å². The Hall–Kier alpha value is -2.76. The van der Waals surface area contributed by atoms with Crippen molar-refractivity contribution in [3.05, 3.63) is 75.6 Å². The molecule has 124 valence electrons. The van der Waals surface area contributed by atoms with Crippen molar-refractivity contribution in [3.8, 4) is 0 Å². The molecular weight excluding hydrogens is 311 g/mol. The summed E-state index contributed by atoms with van der Waals surface area (Å²) in [5.74, 6) is -0.637. The second-order valence-electron chi connectivity index (χ2n) is 6.16. The summed E-state index contributed by atoms with van der Waals surface area (Å²) in [6.07, 6.45) is 1.00. The second-order valence-corrected chi connectivity index (χ2v) is 6.16. The van der Waals surface area contributed by atoms with Crippen LogP contribution in [0.25, 0.3) is 0 Å². The van der Waals surface area contributed by atoms with Crippen molar-refractivity contribution in [2.75, 3.05) is 0 Å². The largest absolute Gasteiger partial charge is 0.345 e. The van der Waals surface area contributed by atoms with E-state index in [1.54, 1.807) is 0 Å². The molecule has 1 aliphatic rings. The van der Waals surface area contributed by atoms with E-state index in [9.17, 15) is 19.3 Å². The van der Waals surface area contributed by atoms with Gasteiger partial charge in [0.1, 0.15) is 5.82 Å². The average molecular weight is 328 g/mol. The molecule has 0 heterocycles. The van der Waals surface area contributed by atoms with Crippen LogP contribution in [-0.4, -0.2) is 10.8 Å². The molecule has 1 saturated carbocycles. The van der Waals surface area contributed by atoms with Crippen molar-refractivity contribution < 1.29 is 14.1 Å². The molecule has 0 aliphatic heterocycles. The van der Waals surface area contributed by atoms with Crippen molar-refractivity contribution in [3.63, 3.8) is 0 Å². The van der Waals surface area contributed by atoms with Gasteiger partial charge in [-0.1, -0.05) is 37.3 Å². The van der Waals surface area contributed by atoms with Gasteiger partial charge in [0.15, 0.2) is 0 Å². The second kappa shape index (κ2) is 6.39. The Balaban J connectivity index is 1.83. The number of nitro benzene ring substituents is 1. The highest BCUT2D eigenvalue weighted by Gasteiger charge is 2.41. The summed E-state index contributed by atoms with van der Waals surface area (Å²) in [6, 6.07) is 12.4. The topological polar surface area (TPSA) is 72.2 Å². The SMILES string of the molecule is CC1CC1C(NC(=O)c1ccc([N+](=O)[O-])cc1F)c1ccccc1. The number of rotatable bonds is 5. The van der Waals surface area contributed by atoms with Crippen molar-refractivity contribution in [2.24, 2.45) is 11.8 Å². The molecule has 2 aromatic rings. The van der Waals surface area contributed by atoms with E-state index in [4.69, 9.17) is 0 Å². The Morgan fingerprint density at radius 2 is 1.96 bits per heavy atom. The van der Waals surface area contributed by atoms with Gasteiger partial charge in [0.25, 0.3) is 11.6 Å². The lowest BCUT2D eigenvalue weighted by Crippen LogP contribution is -2.31. The molecule has 0 aromatic heterocycles. The fraction of sp³-hybridized carbons (Fsp3) is 0.278. The van der Waals surface area contributed by atoms with Crippen molar-refractivity contribution in [1.82, 2.24) is 5.32 Å². The minimum Gasteiger partial charge on any atom is -0.345 e. The lowest BCUT2D eigenvalue weighted by Gasteiger charge is -2.19. The molecule has 1 fully saturated rings. The zero-order valence-corrected chi connectivity index (χ0v) is 13.1. The van der Waals surface area contributed by atoms with Crippen LogP contribution in [-0.2, 0) is 0 Å². The molecule has 2 aromatic carbocycles. The molecule has 0 saturated heterocycles. The molecule has 0 spiro atoms. The number of non-ortho nitro benzene ring substituents is 1. The zero-order chi connectivity index (χ0) is 17.3. The third kappa shape index (κ3) is 3.27. The number of hydrogen-bond acceptors (Lipinski definition) is 3. The lowest BCUT2D eigenvalue weighted by molar-refractivity contribution is -0.385. The van der Waals surface area contributed by atoms with Crippen LogP contribution >= 0.6 is 0 Å². The molecule has 1 amide bonds. The average Bonchev–Trinajstić information content (AvgIpc) is 3.29. The highest BCUT2D eigenvalue weighted by molar-refractivity contribution is 5.95. The summed E-state index contributed by atoms with van der Waals surface area (Å²) in [5.41, 5.74) is 0.414. The Morgan fingerprint density at radius 1 is 1.29 bits per heavy atom. The lowest BCUT2D eigenvalue weighted by atomic mass is 10.0. The first kappa shape index (κ1) is 16.1. The smallest absolute Gasteiger partial charge is 0.272 e. The number of nitrogens with one attached hydrogen (secondary N) is 1. The van der Waals surface area contributed by atoms with Crippen LogP contribution in [0, 0.1) is 27.8 Å². The summed E-state index contributed by atoms with van der Waals surface area (Å²) in [7, 11) is 0. The number of benzene rings is 2. The number of carbonyl (C=O) groups is 1. The van der Waals surface area contributed by atoms with Gasteiger partial charge in [-0.2, -0.15) is 0 Å². The number of halogens is 1. The Kier molecular flexibility index (Phi) is 4.29. The molecule has 3 unspecified atom stereocenters. The molecule has 0 radical (unpaired) electrons. The molecular formula is C18H17FN2O3. The molecule has 1 aliphatic carbocycles. The predicted molar refractivity (Wildman–Crippen MR) is 87.0 cm³/mol. The van der Waals surface area contributed by atoms with Crippen LogP contribution < -0.4 is 5.32 Å². The number of nitro groups is 1. The molecule has 3 rings (SSSR count). The van der Waals surface area contributed by atoms with Gasteiger partial charge in [-0.15, -0.1) is 0 Å². The monoisotopic (exact) mass is 328 g/mol. The first-order valence-electron chi connectivity index (χ1n) is 7.77. The fourth-order valence-corrected chi connectivity index (χ4v) is 2.93. The maximum Gasteiger partial charge on any atom is 0.272 e. The number of hydrogen-bond donors (Lipinski definition) is 1. The maximum atomic E-state index is 14.0. The number of carbonyl (C=O) groups excluding carboxylic acids is 1. The number of nitrogens with zero attached hydrogens (tertiary/aromatic N) is 1. The first-order chi connectivity index (χ1) is 11.5. The van der Waals surface area contributed by atoms with Gasteiger partial charge in [-0.25, -0.2) is 4.39 Å². The molecule has 5 nitrogen and oxygen atoms in total. The normalized spacial score (nSPS) is 20.2. The Labute approximate surface area is 138 Å². The summed E-state index contributed by atoms with van der Waals surface area (Å²) in [6.45, 7) is 2.11. The molecule has 6 heteroatoms. The summed E-state index contributed by atoms with van der Waals surface area (Å²) in [5, 5.41) is 13.6. The van der Waals surface area contributed by atoms with Crippen LogP contribution in [0.2, 0.25) is 0 Å². The van der Waals surface area contributed by atoms with E-state index in [0.717, 1.165) is 30.2 Å². The van der Waals surface area contributed by atoms with Crippen molar-refractivity contribution >= 4 is 11.6 Å². The third-order valence-corrected chi connectivity index (χ3v) is 4.45. The summed E-state index contributed by atoms with van der Waals surface area (Å²) < 4.78 is 14.0. The van der Waals surface area contributed by atoms with Crippen LogP contribution in [0.4, 0.5) is 10.1 Å². The van der Waals surface area contributed by atoms with Gasteiger partial charge >= 0.3 is 0 Å². The third-order valence-electron chi connectivity index (χ3n) is 4.45. The minimum absolute atomic E-state index is 0.185. The predicted octanol–water partition coefficient (Wildman–Crippen LogP) is 3.86. The van der Waals surface area contributed by atoms with E-state index in [0.29, 0.717) is 11.8 Å². The highest BCUT2D eigenvalue weighted by Crippen LogP contribution is 2.47. The molecule has 24 heavy (non-hydrogen) atoms. The highest BCUT2D eigenvalue weighted by atomic mass is 19.1. The Morgan fingerprint density at radius 3 is 2.50 bits per heavy atom. The van der Waals surface area contributed by atoms with Crippen molar-refractivity contribution in [2.45, 2.75) is 19.4 Å². The summed E-state index contributed by atoms with van der Waals surface area (Å²) >= 11 is 0. The summed E-state index contributed by atoms with van der Waals surface area (Å²) in [4.78, 5) is 22.4. The molecule has 0 bridgehead atoms. The van der Waals surface area contributed by atoms with E-state index >= 15 is 0 Å². The van der Waals surface area contributed by atoms with E-state index < -0.39 is 16.6 Å². The van der Waals surface area contributed by atoms with Gasteiger partial charge in [0.2, 0.25) is 0 Å². The van der Waals surface area contributed by atoms with Gasteiger partial charge in [-0.3, -0.25) is 14.9 Å². The number of amides is 1. The van der Waals surface area contributed by atoms with E-state index in [1.165, 1.54) is 0 Å². The van der Waals surface area contributed by atoms with Gasteiger partial charge in [0, 0.05) is 6.07 Å². The van der Waals surface area contributed by atoms with E-state index in [1.807, 2.05) is 30.3 Å². The molecule has 1 N–H and O–H groups in total. The van der Waals surface area contributed by atoms with Crippen LogP contribution in [0.3, 0.4) is 0 Å². The molecule has 3 atom stereocenters. The van der Waals surface area contributed by atoms with Crippen LogP contribution in [0.5, 0.6) is 0 Å². The standard InChI is InChI=1S/C18H17FN2O3/c1-11-9-15(11)17(12-5-3-2-4-6-12)20-18(22)14-8-7-13(21(23)24)10-16(14)19/h2-8,10-11,15,17H,9H2,1H3,(H,20,22).